The van der Waals surface area contributed by atoms with Crippen LogP contribution in [0.15, 0.2) is 54.6 Å². The number of ether oxygens (including phenoxy) is 2. The molecule has 10 nitrogen and oxygen atoms in total. The molecular weight excluding hydrogens is 422 g/mol. The van der Waals surface area contributed by atoms with Gasteiger partial charge < -0.3 is 14.6 Å². The number of carboxylic acid groups (broad SMARTS) is 1. The van der Waals surface area contributed by atoms with Crippen LogP contribution in [0.4, 0.5) is 20.2 Å². The van der Waals surface area contributed by atoms with E-state index < -0.39 is 38.8 Å². The zero-order valence-electron chi connectivity index (χ0n) is 15.2. The van der Waals surface area contributed by atoms with E-state index in [9.17, 15) is 38.9 Å². The maximum atomic E-state index is 13.8. The fourth-order valence-corrected chi connectivity index (χ4v) is 2.48. The Hall–Kier alpha value is -4.61. The lowest BCUT2D eigenvalue weighted by atomic mass is 10.2. The third kappa shape index (κ3) is 4.87. The van der Waals surface area contributed by atoms with E-state index in [1.165, 1.54) is 6.07 Å². The van der Waals surface area contributed by atoms with Gasteiger partial charge in [0, 0.05) is 30.3 Å². The molecule has 158 valence electrons. The van der Waals surface area contributed by atoms with Gasteiger partial charge in [-0.25, -0.2) is 4.79 Å². The van der Waals surface area contributed by atoms with E-state index in [-0.39, 0.29) is 28.6 Å². The standard InChI is InChI=1S/C19H10F2N2O8/c20-15-8-11(1-3-17(15)22(26)27)30-13-5-10(19(24)25)6-14(7-13)31-12-2-4-18(23(28)29)16(21)9-12/h1-9H,(H,24,25). The maximum Gasteiger partial charge on any atom is 0.335 e. The molecule has 0 spiro atoms. The lowest BCUT2D eigenvalue weighted by molar-refractivity contribution is -0.387. The first-order chi connectivity index (χ1) is 14.6. The Kier molecular flexibility index (Phi) is 5.72. The first-order valence-electron chi connectivity index (χ1n) is 8.26. The Morgan fingerprint density at radius 1 is 0.742 bits per heavy atom. The minimum absolute atomic E-state index is 0.120. The van der Waals surface area contributed by atoms with Crippen LogP contribution < -0.4 is 9.47 Å². The fraction of sp³-hybridized carbons (Fsp3) is 0. The molecule has 0 bridgehead atoms. The second-order valence-corrected chi connectivity index (χ2v) is 5.94. The third-order valence-corrected chi connectivity index (χ3v) is 3.83. The van der Waals surface area contributed by atoms with E-state index in [4.69, 9.17) is 9.47 Å². The number of hydrogen-bond acceptors (Lipinski definition) is 7. The van der Waals surface area contributed by atoms with E-state index in [0.29, 0.717) is 0 Å². The summed E-state index contributed by atoms with van der Waals surface area (Å²) in [6.07, 6.45) is 0. The zero-order valence-corrected chi connectivity index (χ0v) is 15.2. The summed E-state index contributed by atoms with van der Waals surface area (Å²) in [4.78, 5) is 30.9. The smallest absolute Gasteiger partial charge is 0.335 e. The van der Waals surface area contributed by atoms with Crippen LogP contribution in [-0.2, 0) is 0 Å². The van der Waals surface area contributed by atoms with Crippen molar-refractivity contribution in [2.75, 3.05) is 0 Å². The number of hydrogen-bond donors (Lipinski definition) is 1. The van der Waals surface area contributed by atoms with Crippen molar-refractivity contribution in [2.45, 2.75) is 0 Å². The lowest BCUT2D eigenvalue weighted by Gasteiger charge is -2.11. The molecule has 0 amide bonds. The molecule has 0 saturated heterocycles. The summed E-state index contributed by atoms with van der Waals surface area (Å²) in [5.74, 6) is -4.23. The Balaban J connectivity index is 1.92. The van der Waals surface area contributed by atoms with E-state index in [2.05, 4.69) is 0 Å². The van der Waals surface area contributed by atoms with Gasteiger partial charge in [-0.05, 0) is 24.3 Å². The SMILES string of the molecule is O=C(O)c1cc(Oc2ccc([N+](=O)[O-])c(F)c2)cc(Oc2ccc([N+](=O)[O-])c(F)c2)c1. The van der Waals surface area contributed by atoms with Crippen molar-refractivity contribution < 1.29 is 38.0 Å². The van der Waals surface area contributed by atoms with Gasteiger partial charge in [0.25, 0.3) is 0 Å². The number of carboxylic acids is 1. The summed E-state index contributed by atoms with van der Waals surface area (Å²) in [6.45, 7) is 0. The second-order valence-electron chi connectivity index (χ2n) is 5.94. The van der Waals surface area contributed by atoms with Crippen LogP contribution in [0.3, 0.4) is 0 Å². The Morgan fingerprint density at radius 2 is 1.16 bits per heavy atom. The van der Waals surface area contributed by atoms with Crippen molar-refractivity contribution in [3.8, 4) is 23.0 Å². The van der Waals surface area contributed by atoms with Gasteiger partial charge in [0.15, 0.2) is 0 Å². The first-order valence-corrected chi connectivity index (χ1v) is 8.26. The van der Waals surface area contributed by atoms with Crippen LogP contribution in [0.5, 0.6) is 23.0 Å². The Bertz CT molecular complexity index is 1130. The molecule has 0 heterocycles. The lowest BCUT2D eigenvalue weighted by Crippen LogP contribution is -1.99. The van der Waals surface area contributed by atoms with Crippen LogP contribution in [0, 0.1) is 31.9 Å². The molecule has 0 atom stereocenters. The average molecular weight is 432 g/mol. The monoisotopic (exact) mass is 432 g/mol. The number of rotatable bonds is 7. The normalized spacial score (nSPS) is 10.4. The predicted octanol–water partition coefficient (Wildman–Crippen LogP) is 5.06. The number of halogens is 2. The molecular formula is C19H10F2N2O8. The number of nitrogens with zero attached hydrogens (tertiary/aromatic N) is 2. The minimum atomic E-state index is -1.36. The van der Waals surface area contributed by atoms with Crippen LogP contribution in [0.25, 0.3) is 0 Å². The van der Waals surface area contributed by atoms with Gasteiger partial charge in [-0.1, -0.05) is 0 Å². The molecule has 0 aromatic heterocycles. The number of carbonyl (C=O) groups is 1. The van der Waals surface area contributed by atoms with Gasteiger partial charge in [0.1, 0.15) is 23.0 Å². The van der Waals surface area contributed by atoms with Crippen LogP contribution in [-0.4, -0.2) is 20.9 Å². The van der Waals surface area contributed by atoms with Crippen molar-refractivity contribution in [1.82, 2.24) is 0 Å². The highest BCUT2D eigenvalue weighted by Crippen LogP contribution is 2.33. The number of aromatic carboxylic acids is 1. The topological polar surface area (TPSA) is 142 Å². The van der Waals surface area contributed by atoms with Gasteiger partial charge in [0.05, 0.1) is 15.4 Å². The molecule has 3 aromatic carbocycles. The Labute approximate surface area is 171 Å². The summed E-state index contributed by atoms with van der Waals surface area (Å²) < 4.78 is 38.3. The quantitative estimate of drug-likeness (QED) is 0.403. The van der Waals surface area contributed by atoms with Crippen LogP contribution in [0.2, 0.25) is 0 Å². The molecule has 0 aliphatic heterocycles. The van der Waals surface area contributed by atoms with Gasteiger partial charge in [-0.3, -0.25) is 20.2 Å². The number of benzene rings is 3. The minimum Gasteiger partial charge on any atom is -0.478 e. The molecule has 0 radical (unpaired) electrons. The molecule has 31 heavy (non-hydrogen) atoms. The molecule has 0 fully saturated rings. The molecule has 0 aliphatic carbocycles. The molecule has 1 N–H and O–H groups in total. The number of nitro groups is 2. The van der Waals surface area contributed by atoms with Crippen molar-refractivity contribution in [2.24, 2.45) is 0 Å². The van der Waals surface area contributed by atoms with Crippen molar-refractivity contribution in [1.29, 1.82) is 0 Å². The van der Waals surface area contributed by atoms with Gasteiger partial charge >= 0.3 is 17.3 Å². The number of nitro benzene ring substituents is 2. The van der Waals surface area contributed by atoms with E-state index in [0.717, 1.165) is 48.5 Å². The summed E-state index contributed by atoms with van der Waals surface area (Å²) in [5, 5.41) is 30.6. The van der Waals surface area contributed by atoms with Gasteiger partial charge in [-0.2, -0.15) is 8.78 Å². The zero-order chi connectivity index (χ0) is 22.7. The highest BCUT2D eigenvalue weighted by molar-refractivity contribution is 5.88. The van der Waals surface area contributed by atoms with Crippen LogP contribution >= 0.6 is 0 Å². The molecule has 0 aliphatic rings. The summed E-state index contributed by atoms with van der Waals surface area (Å²) in [6, 6.07) is 8.85. The Morgan fingerprint density at radius 3 is 1.48 bits per heavy atom. The van der Waals surface area contributed by atoms with E-state index >= 15 is 0 Å². The average Bonchev–Trinajstić information content (AvgIpc) is 2.67. The molecule has 3 aromatic rings. The first kappa shape index (κ1) is 21.1. The third-order valence-electron chi connectivity index (χ3n) is 3.83. The van der Waals surface area contributed by atoms with Crippen molar-refractivity contribution >= 4 is 17.3 Å². The summed E-state index contributed by atoms with van der Waals surface area (Å²) in [7, 11) is 0. The predicted molar refractivity (Wildman–Crippen MR) is 99.7 cm³/mol. The maximum absolute atomic E-state index is 13.8. The summed E-state index contributed by atoms with van der Waals surface area (Å²) in [5.41, 5.74) is -1.83. The van der Waals surface area contributed by atoms with E-state index in [1.54, 1.807) is 0 Å². The highest BCUT2D eigenvalue weighted by atomic mass is 19.1. The molecule has 0 unspecified atom stereocenters. The second kappa shape index (κ2) is 8.41. The molecule has 0 saturated carbocycles. The fourth-order valence-electron chi connectivity index (χ4n) is 2.48. The summed E-state index contributed by atoms with van der Waals surface area (Å²) >= 11 is 0. The molecule has 3 rings (SSSR count). The van der Waals surface area contributed by atoms with E-state index in [1.807, 2.05) is 0 Å². The van der Waals surface area contributed by atoms with Crippen molar-refractivity contribution in [3.05, 3.63) is 92.0 Å². The van der Waals surface area contributed by atoms with Crippen molar-refractivity contribution in [3.63, 3.8) is 0 Å². The van der Waals surface area contributed by atoms with Gasteiger partial charge in [-0.15, -0.1) is 0 Å². The molecule has 12 heteroatoms. The van der Waals surface area contributed by atoms with Crippen LogP contribution in [0.1, 0.15) is 10.4 Å². The highest BCUT2D eigenvalue weighted by Gasteiger charge is 2.17. The van der Waals surface area contributed by atoms with Gasteiger partial charge in [0.2, 0.25) is 11.6 Å². The largest absolute Gasteiger partial charge is 0.478 e.